The van der Waals surface area contributed by atoms with Crippen LogP contribution in [0.5, 0.6) is 0 Å². The molecule has 0 spiro atoms. The van der Waals surface area contributed by atoms with Gasteiger partial charge in [0.1, 0.15) is 0 Å². The number of allylic oxidation sites excluding steroid dienone is 3. The van der Waals surface area contributed by atoms with Crippen LogP contribution in [0, 0.1) is 34.5 Å². The average molecular weight is 353 g/mol. The first kappa shape index (κ1) is 18.6. The van der Waals surface area contributed by atoms with Crippen LogP contribution in [0.1, 0.15) is 90.9 Å². The van der Waals surface area contributed by atoms with E-state index in [0.717, 1.165) is 23.7 Å². The van der Waals surface area contributed by atoms with Crippen molar-refractivity contribution >= 4 is 0 Å². The SMILES string of the molecule is C=C1CCC2(CCC)C(C1)CC(=C)C1C3CCC(=C)C3(CCC)CCC12. The maximum absolute atomic E-state index is 4.72. The first-order valence-corrected chi connectivity index (χ1v) is 11.5. The van der Waals surface area contributed by atoms with E-state index in [4.69, 9.17) is 6.58 Å². The van der Waals surface area contributed by atoms with Crippen molar-refractivity contribution in [3.63, 3.8) is 0 Å². The van der Waals surface area contributed by atoms with Gasteiger partial charge in [0.25, 0.3) is 0 Å². The van der Waals surface area contributed by atoms with Gasteiger partial charge in [0.2, 0.25) is 0 Å². The fraction of sp³-hybridized carbons (Fsp3) is 0.769. The van der Waals surface area contributed by atoms with Crippen LogP contribution in [-0.2, 0) is 0 Å². The van der Waals surface area contributed by atoms with E-state index in [1.807, 2.05) is 0 Å². The van der Waals surface area contributed by atoms with Gasteiger partial charge in [-0.25, -0.2) is 0 Å². The van der Waals surface area contributed by atoms with Gasteiger partial charge in [-0.15, -0.1) is 0 Å². The second-order valence-electron chi connectivity index (χ2n) is 10.3. The van der Waals surface area contributed by atoms with Crippen LogP contribution >= 0.6 is 0 Å². The molecule has 0 aromatic rings. The monoisotopic (exact) mass is 352 g/mol. The van der Waals surface area contributed by atoms with Crippen molar-refractivity contribution < 1.29 is 0 Å². The quantitative estimate of drug-likeness (QED) is 0.451. The minimum Gasteiger partial charge on any atom is -0.0999 e. The summed E-state index contributed by atoms with van der Waals surface area (Å²) in [6, 6.07) is 0. The standard InChI is InChI=1S/C26H40/c1-6-12-25-15-11-23-24(22(25)9-8-20(25)5)19(4)17-21-16-18(3)10-14-26(21,23)13-7-2/h21-24H,3-17H2,1-2H3. The van der Waals surface area contributed by atoms with Crippen LogP contribution in [-0.4, -0.2) is 0 Å². The van der Waals surface area contributed by atoms with Crippen molar-refractivity contribution in [2.24, 2.45) is 34.5 Å². The van der Waals surface area contributed by atoms with Crippen molar-refractivity contribution in [2.75, 3.05) is 0 Å². The molecular weight excluding hydrogens is 312 g/mol. The Morgan fingerprint density at radius 2 is 1.65 bits per heavy atom. The Morgan fingerprint density at radius 1 is 0.885 bits per heavy atom. The Balaban J connectivity index is 1.73. The molecule has 0 aliphatic heterocycles. The molecular formula is C26H40. The number of rotatable bonds is 4. The van der Waals surface area contributed by atoms with Gasteiger partial charge in [0, 0.05) is 0 Å². The summed E-state index contributed by atoms with van der Waals surface area (Å²) in [4.78, 5) is 0. The van der Waals surface area contributed by atoms with Gasteiger partial charge in [0.05, 0.1) is 0 Å². The molecule has 4 aliphatic carbocycles. The van der Waals surface area contributed by atoms with Crippen LogP contribution in [0.3, 0.4) is 0 Å². The molecule has 0 heterocycles. The normalized spacial score (nSPS) is 45.2. The van der Waals surface area contributed by atoms with E-state index in [0.29, 0.717) is 10.8 Å². The molecule has 0 saturated heterocycles. The fourth-order valence-electron chi connectivity index (χ4n) is 8.49. The summed E-state index contributed by atoms with van der Waals surface area (Å²) in [6.45, 7) is 18.5. The van der Waals surface area contributed by atoms with E-state index in [-0.39, 0.29) is 0 Å². The zero-order valence-electron chi connectivity index (χ0n) is 17.4. The molecule has 144 valence electrons. The highest BCUT2D eigenvalue weighted by molar-refractivity contribution is 5.29. The van der Waals surface area contributed by atoms with E-state index >= 15 is 0 Å². The Morgan fingerprint density at radius 3 is 2.38 bits per heavy atom. The van der Waals surface area contributed by atoms with Gasteiger partial charge in [-0.2, -0.15) is 0 Å². The molecule has 0 nitrogen and oxygen atoms in total. The summed E-state index contributed by atoms with van der Waals surface area (Å²) in [6.07, 6.45) is 16.2. The lowest BCUT2D eigenvalue weighted by atomic mass is 9.42. The number of fused-ring (bicyclic) bond motifs is 5. The zero-order chi connectivity index (χ0) is 18.5. The highest BCUT2D eigenvalue weighted by Gasteiger charge is 2.61. The van der Waals surface area contributed by atoms with Crippen LogP contribution < -0.4 is 0 Å². The first-order valence-electron chi connectivity index (χ1n) is 11.5. The van der Waals surface area contributed by atoms with Gasteiger partial charge >= 0.3 is 0 Å². The minimum atomic E-state index is 0.456. The zero-order valence-corrected chi connectivity index (χ0v) is 17.4. The highest BCUT2D eigenvalue weighted by Crippen LogP contribution is 2.70. The Labute approximate surface area is 162 Å². The molecule has 0 amide bonds. The van der Waals surface area contributed by atoms with Crippen molar-refractivity contribution in [1.29, 1.82) is 0 Å². The number of hydrogen-bond donors (Lipinski definition) is 0. The molecule has 6 atom stereocenters. The summed E-state index contributed by atoms with van der Waals surface area (Å²) >= 11 is 0. The Hall–Kier alpha value is -0.780. The minimum absolute atomic E-state index is 0.456. The lowest BCUT2D eigenvalue weighted by Crippen LogP contribution is -2.54. The summed E-state index contributed by atoms with van der Waals surface area (Å²) in [5.74, 6) is 3.35. The lowest BCUT2D eigenvalue weighted by Gasteiger charge is -2.62. The van der Waals surface area contributed by atoms with Crippen molar-refractivity contribution in [1.82, 2.24) is 0 Å². The predicted molar refractivity (Wildman–Crippen MR) is 113 cm³/mol. The fourth-order valence-corrected chi connectivity index (χ4v) is 8.49. The molecule has 0 aromatic heterocycles. The summed E-state index contributed by atoms with van der Waals surface area (Å²) in [5, 5.41) is 0. The third-order valence-electron chi connectivity index (χ3n) is 9.36. The van der Waals surface area contributed by atoms with Crippen molar-refractivity contribution in [2.45, 2.75) is 90.9 Å². The van der Waals surface area contributed by atoms with Crippen molar-refractivity contribution in [3.8, 4) is 0 Å². The van der Waals surface area contributed by atoms with Crippen molar-refractivity contribution in [3.05, 3.63) is 36.5 Å². The molecule has 26 heavy (non-hydrogen) atoms. The molecule has 0 N–H and O–H groups in total. The van der Waals surface area contributed by atoms with Gasteiger partial charge in [0.15, 0.2) is 0 Å². The second kappa shape index (κ2) is 6.68. The molecule has 4 fully saturated rings. The van der Waals surface area contributed by atoms with E-state index in [1.54, 1.807) is 11.1 Å². The lowest BCUT2D eigenvalue weighted by molar-refractivity contribution is -0.0843. The maximum Gasteiger partial charge on any atom is -0.00566 e. The van der Waals surface area contributed by atoms with Gasteiger partial charge in [-0.1, -0.05) is 63.1 Å². The largest absolute Gasteiger partial charge is 0.0999 e. The van der Waals surface area contributed by atoms with Crippen LogP contribution in [0.25, 0.3) is 0 Å². The first-order chi connectivity index (χ1) is 12.5. The molecule has 4 saturated carbocycles. The number of hydrogen-bond acceptors (Lipinski definition) is 0. The summed E-state index contributed by atoms with van der Waals surface area (Å²) in [7, 11) is 0. The van der Waals surface area contributed by atoms with Crippen LogP contribution in [0.15, 0.2) is 36.5 Å². The van der Waals surface area contributed by atoms with Gasteiger partial charge < -0.3 is 0 Å². The molecule has 0 heteroatoms. The third-order valence-corrected chi connectivity index (χ3v) is 9.36. The molecule has 0 bridgehead atoms. The highest BCUT2D eigenvalue weighted by atomic mass is 14.7. The average Bonchev–Trinajstić information content (AvgIpc) is 2.93. The molecule has 4 aliphatic rings. The topological polar surface area (TPSA) is 0 Å². The molecule has 6 unspecified atom stereocenters. The smallest absolute Gasteiger partial charge is 0.00566 e. The van der Waals surface area contributed by atoms with Gasteiger partial charge in [-0.3, -0.25) is 0 Å². The van der Waals surface area contributed by atoms with E-state index in [1.165, 1.54) is 82.6 Å². The molecule has 0 radical (unpaired) electrons. The predicted octanol–water partition coefficient (Wildman–Crippen LogP) is 7.87. The van der Waals surface area contributed by atoms with E-state index in [9.17, 15) is 0 Å². The molecule has 0 aromatic carbocycles. The Kier molecular flexibility index (Phi) is 4.77. The van der Waals surface area contributed by atoms with Crippen LogP contribution in [0.4, 0.5) is 0 Å². The molecule has 4 rings (SSSR count). The maximum atomic E-state index is 4.72. The second-order valence-corrected chi connectivity index (χ2v) is 10.3. The summed E-state index contributed by atoms with van der Waals surface area (Å²) < 4.78 is 0. The third kappa shape index (κ3) is 2.46. The van der Waals surface area contributed by atoms with E-state index in [2.05, 4.69) is 27.0 Å². The van der Waals surface area contributed by atoms with Crippen LogP contribution in [0.2, 0.25) is 0 Å². The van der Waals surface area contributed by atoms with Gasteiger partial charge in [-0.05, 0) is 98.7 Å². The Bertz CT molecular complexity index is 610. The van der Waals surface area contributed by atoms with E-state index < -0.39 is 0 Å². The summed E-state index contributed by atoms with van der Waals surface area (Å²) in [5.41, 5.74) is 5.76.